The average Bonchev–Trinajstić information content (AvgIpc) is 3.62. The van der Waals surface area contributed by atoms with Crippen molar-refractivity contribution in [3.05, 3.63) is 71.6 Å². The van der Waals surface area contributed by atoms with Crippen molar-refractivity contribution in [2.75, 3.05) is 32.1 Å². The SMILES string of the molecule is COCCN(Cc1ccc(C2Cc3nccc(Oc4ccc(NC(=O)NC5CC5)cc4F)c3S2)nc1)CC(F)(F)F. The third kappa shape index (κ3) is 8.08. The molecule has 3 heterocycles. The van der Waals surface area contributed by atoms with Crippen LogP contribution in [0.1, 0.15) is 35.0 Å². The van der Waals surface area contributed by atoms with E-state index in [1.54, 1.807) is 30.6 Å². The molecular formula is C28H29F4N5O3S. The molecule has 8 nitrogen and oxygen atoms in total. The molecule has 218 valence electrons. The number of nitrogens with one attached hydrogen (secondary N) is 2. The Morgan fingerprint density at radius 2 is 1.98 bits per heavy atom. The van der Waals surface area contributed by atoms with Gasteiger partial charge in [-0.05, 0) is 36.6 Å². The van der Waals surface area contributed by atoms with E-state index < -0.39 is 18.5 Å². The van der Waals surface area contributed by atoms with Gasteiger partial charge in [0.15, 0.2) is 11.6 Å². The van der Waals surface area contributed by atoms with Crippen LogP contribution in [-0.2, 0) is 17.7 Å². The minimum atomic E-state index is -4.31. The number of rotatable bonds is 11. The summed E-state index contributed by atoms with van der Waals surface area (Å²) in [4.78, 5) is 23.0. The third-order valence-electron chi connectivity index (χ3n) is 6.50. The Kier molecular flexibility index (Phi) is 8.95. The highest BCUT2D eigenvalue weighted by Crippen LogP contribution is 2.50. The molecule has 3 aromatic rings. The quantitative estimate of drug-likeness (QED) is 0.261. The summed E-state index contributed by atoms with van der Waals surface area (Å²) in [5.41, 5.74) is 2.52. The third-order valence-corrected chi connectivity index (χ3v) is 7.87. The number of amides is 2. The number of fused-ring (bicyclic) bond motifs is 1. The van der Waals surface area contributed by atoms with Crippen molar-refractivity contribution in [2.45, 2.75) is 48.2 Å². The summed E-state index contributed by atoms with van der Waals surface area (Å²) in [6.45, 7) is -0.595. The fraction of sp³-hybridized carbons (Fsp3) is 0.393. The Hall–Kier alpha value is -3.42. The number of hydrogen-bond acceptors (Lipinski definition) is 7. The zero-order chi connectivity index (χ0) is 29.0. The summed E-state index contributed by atoms with van der Waals surface area (Å²) in [5.74, 6) is -0.164. The van der Waals surface area contributed by atoms with E-state index >= 15 is 0 Å². The lowest BCUT2D eigenvalue weighted by molar-refractivity contribution is -0.148. The van der Waals surface area contributed by atoms with Crippen LogP contribution in [0, 0.1) is 5.82 Å². The maximum absolute atomic E-state index is 14.8. The van der Waals surface area contributed by atoms with Gasteiger partial charge in [0.25, 0.3) is 0 Å². The molecule has 13 heteroatoms. The zero-order valence-corrected chi connectivity index (χ0v) is 23.0. The van der Waals surface area contributed by atoms with E-state index in [1.807, 2.05) is 6.07 Å². The van der Waals surface area contributed by atoms with Crippen LogP contribution in [0.4, 0.5) is 28.0 Å². The summed E-state index contributed by atoms with van der Waals surface area (Å²) in [6.07, 6.45) is 1.34. The number of pyridine rings is 2. The van der Waals surface area contributed by atoms with Crippen molar-refractivity contribution in [1.29, 1.82) is 0 Å². The number of halogens is 4. The predicted molar refractivity (Wildman–Crippen MR) is 146 cm³/mol. The fourth-order valence-corrected chi connectivity index (χ4v) is 5.66. The van der Waals surface area contributed by atoms with Crippen LogP contribution in [0.3, 0.4) is 0 Å². The number of anilines is 1. The van der Waals surface area contributed by atoms with Gasteiger partial charge in [-0.25, -0.2) is 9.18 Å². The van der Waals surface area contributed by atoms with Crippen molar-refractivity contribution < 1.29 is 31.8 Å². The number of carbonyl (C=O) groups excluding carboxylic acids is 1. The molecule has 0 spiro atoms. The second-order valence-corrected chi connectivity index (χ2v) is 11.1. The zero-order valence-electron chi connectivity index (χ0n) is 22.2. The molecule has 2 aromatic heterocycles. The molecule has 2 N–H and O–H groups in total. The lowest BCUT2D eigenvalue weighted by atomic mass is 10.1. The van der Waals surface area contributed by atoms with Gasteiger partial charge in [-0.15, -0.1) is 11.8 Å². The number of hydrogen-bond donors (Lipinski definition) is 2. The number of thioether (sulfide) groups is 1. The molecule has 0 saturated heterocycles. The van der Waals surface area contributed by atoms with Crippen molar-refractivity contribution in [3.8, 4) is 11.5 Å². The molecule has 0 radical (unpaired) electrons. The fourth-order valence-electron chi connectivity index (χ4n) is 4.37. The standard InChI is InChI=1S/C28H29F4N5O3S/c1-39-11-10-37(16-28(30,31)32)15-17-2-6-21(34-14-17)25-13-22-26(41-25)24(8-9-33-22)40-23-7-5-19(12-20(23)29)36-27(38)35-18-3-4-18/h2,5-9,12,14,18,25H,3-4,10-11,13,15-16H2,1H3,(H2,35,36,38). The number of nitrogens with zero attached hydrogens (tertiary/aromatic N) is 3. The van der Waals surface area contributed by atoms with Crippen molar-refractivity contribution in [3.63, 3.8) is 0 Å². The predicted octanol–water partition coefficient (Wildman–Crippen LogP) is 6.09. The van der Waals surface area contributed by atoms with Crippen molar-refractivity contribution >= 4 is 23.5 Å². The molecule has 1 saturated carbocycles. The number of urea groups is 1. The largest absolute Gasteiger partial charge is 0.453 e. The number of ether oxygens (including phenoxy) is 2. The minimum Gasteiger partial charge on any atom is -0.453 e. The van der Waals surface area contributed by atoms with E-state index in [4.69, 9.17) is 9.47 Å². The first kappa shape index (κ1) is 29.1. The van der Waals surface area contributed by atoms with Gasteiger partial charge < -0.3 is 20.1 Å². The molecule has 1 atom stereocenters. The number of alkyl halides is 3. The Morgan fingerprint density at radius 1 is 1.15 bits per heavy atom. The first-order valence-corrected chi connectivity index (χ1v) is 14.0. The van der Waals surface area contributed by atoms with Crippen LogP contribution >= 0.6 is 11.8 Å². The maximum atomic E-state index is 14.8. The van der Waals surface area contributed by atoms with Crippen LogP contribution in [0.25, 0.3) is 0 Å². The Bertz CT molecular complexity index is 1370. The number of carbonyl (C=O) groups is 1. The van der Waals surface area contributed by atoms with E-state index in [-0.39, 0.29) is 42.8 Å². The molecule has 2 aliphatic rings. The van der Waals surface area contributed by atoms with Crippen LogP contribution in [0.15, 0.2) is 53.7 Å². The molecule has 41 heavy (non-hydrogen) atoms. The lowest BCUT2D eigenvalue weighted by Gasteiger charge is -2.23. The highest BCUT2D eigenvalue weighted by molar-refractivity contribution is 8.00. The molecule has 1 aromatic carbocycles. The Labute approximate surface area is 238 Å². The highest BCUT2D eigenvalue weighted by Gasteiger charge is 2.32. The summed E-state index contributed by atoms with van der Waals surface area (Å²) < 4.78 is 64.6. The molecule has 1 unspecified atom stereocenters. The van der Waals surface area contributed by atoms with Gasteiger partial charge in [0.2, 0.25) is 0 Å². The van der Waals surface area contributed by atoms with Crippen LogP contribution in [0.2, 0.25) is 0 Å². The summed E-state index contributed by atoms with van der Waals surface area (Å²) >= 11 is 1.49. The van der Waals surface area contributed by atoms with Gasteiger partial charge >= 0.3 is 12.2 Å². The Morgan fingerprint density at radius 3 is 2.66 bits per heavy atom. The monoisotopic (exact) mass is 591 g/mol. The summed E-state index contributed by atoms with van der Waals surface area (Å²) in [7, 11) is 1.45. The smallest absolute Gasteiger partial charge is 0.401 e. The second-order valence-electron chi connectivity index (χ2n) is 9.93. The van der Waals surface area contributed by atoms with Crippen molar-refractivity contribution in [2.24, 2.45) is 0 Å². The molecule has 5 rings (SSSR count). The second kappa shape index (κ2) is 12.6. The highest BCUT2D eigenvalue weighted by atomic mass is 32.2. The van der Waals surface area contributed by atoms with Crippen molar-refractivity contribution in [1.82, 2.24) is 20.2 Å². The summed E-state index contributed by atoms with van der Waals surface area (Å²) in [6, 6.07) is 9.30. The van der Waals surface area contributed by atoms with Crippen LogP contribution in [-0.4, -0.2) is 59.9 Å². The van der Waals surface area contributed by atoms with Gasteiger partial charge in [-0.2, -0.15) is 13.2 Å². The van der Waals surface area contributed by atoms with Crippen LogP contribution < -0.4 is 15.4 Å². The molecule has 1 fully saturated rings. The molecule has 1 aliphatic heterocycles. The van der Waals surface area contributed by atoms with Crippen LogP contribution in [0.5, 0.6) is 11.5 Å². The topological polar surface area (TPSA) is 88.6 Å². The van der Waals surface area contributed by atoms with Gasteiger partial charge in [0.1, 0.15) is 5.75 Å². The maximum Gasteiger partial charge on any atom is 0.401 e. The molecule has 2 amide bonds. The van der Waals surface area contributed by atoms with E-state index in [0.29, 0.717) is 23.4 Å². The van der Waals surface area contributed by atoms with Gasteiger partial charge in [-0.1, -0.05) is 6.07 Å². The number of benzene rings is 1. The lowest BCUT2D eigenvalue weighted by Crippen LogP contribution is -2.36. The molecular weight excluding hydrogens is 562 g/mol. The molecule has 0 bridgehead atoms. The van der Waals surface area contributed by atoms with Gasteiger partial charge in [0, 0.05) is 62.9 Å². The first-order chi connectivity index (χ1) is 19.7. The normalized spacial score (nSPS) is 16.5. The van der Waals surface area contributed by atoms with Gasteiger partial charge in [0.05, 0.1) is 34.7 Å². The van der Waals surface area contributed by atoms with E-state index in [1.165, 1.54) is 35.9 Å². The molecule has 1 aliphatic carbocycles. The van der Waals surface area contributed by atoms with E-state index in [0.717, 1.165) is 29.1 Å². The number of methoxy groups -OCH3 is 1. The van der Waals surface area contributed by atoms with E-state index in [9.17, 15) is 22.4 Å². The average molecular weight is 592 g/mol. The first-order valence-electron chi connectivity index (χ1n) is 13.1. The van der Waals surface area contributed by atoms with Gasteiger partial charge in [-0.3, -0.25) is 14.9 Å². The Balaban J connectivity index is 1.22. The number of aromatic nitrogens is 2. The minimum absolute atomic E-state index is 0.00923. The van der Waals surface area contributed by atoms with E-state index in [2.05, 4.69) is 20.6 Å². The summed E-state index contributed by atoms with van der Waals surface area (Å²) in [5, 5.41) is 5.32.